The van der Waals surface area contributed by atoms with Gasteiger partial charge in [-0.2, -0.15) is 0 Å². The molecular formula is C21H29N3O. The van der Waals surface area contributed by atoms with Crippen LogP contribution in [-0.4, -0.2) is 47.6 Å². The summed E-state index contributed by atoms with van der Waals surface area (Å²) in [4.78, 5) is 9.31. The Morgan fingerprint density at radius 1 is 1.16 bits per heavy atom. The molecule has 1 aliphatic heterocycles. The number of pyridine rings is 1. The molecule has 2 heterocycles. The fraction of sp³-hybridized carbons (Fsp3) is 0.476. The summed E-state index contributed by atoms with van der Waals surface area (Å²) in [5, 5.41) is 0. The highest BCUT2D eigenvalue weighted by Gasteiger charge is 2.25. The first kappa shape index (κ1) is 17.9. The van der Waals surface area contributed by atoms with Gasteiger partial charge in [0.1, 0.15) is 5.75 Å². The minimum atomic E-state index is 0.654. The van der Waals surface area contributed by atoms with E-state index in [1.807, 2.05) is 24.5 Å². The fourth-order valence-electron chi connectivity index (χ4n) is 3.82. The summed E-state index contributed by atoms with van der Waals surface area (Å²) < 4.78 is 5.56. The van der Waals surface area contributed by atoms with Crippen LogP contribution in [0.2, 0.25) is 0 Å². The molecule has 25 heavy (non-hydrogen) atoms. The van der Waals surface area contributed by atoms with Gasteiger partial charge in [-0.3, -0.25) is 14.8 Å². The zero-order valence-corrected chi connectivity index (χ0v) is 15.4. The van der Waals surface area contributed by atoms with Gasteiger partial charge in [0.25, 0.3) is 0 Å². The van der Waals surface area contributed by atoms with Crippen molar-refractivity contribution in [1.82, 2.24) is 14.8 Å². The molecule has 1 aromatic carbocycles. The standard InChI is InChI=1S/C21H29N3O/c1-3-24-14-6-8-20(24)17-23(15-18-10-12-22-13-11-18)16-19-7-4-5-9-21(19)25-2/h4-5,7,9-13,20H,3,6,8,14-17H2,1-2H3/t20-/m1/s1. The van der Waals surface area contributed by atoms with Gasteiger partial charge in [-0.25, -0.2) is 0 Å². The van der Waals surface area contributed by atoms with Crippen molar-refractivity contribution in [1.29, 1.82) is 0 Å². The highest BCUT2D eigenvalue weighted by molar-refractivity contribution is 5.33. The van der Waals surface area contributed by atoms with E-state index in [0.29, 0.717) is 6.04 Å². The number of benzene rings is 1. The molecule has 4 nitrogen and oxygen atoms in total. The molecule has 1 saturated heterocycles. The van der Waals surface area contributed by atoms with E-state index in [1.54, 1.807) is 7.11 Å². The third kappa shape index (κ3) is 4.80. The van der Waals surface area contributed by atoms with Crippen LogP contribution in [0, 0.1) is 0 Å². The lowest BCUT2D eigenvalue weighted by atomic mass is 10.1. The molecule has 1 aliphatic rings. The Hall–Kier alpha value is -1.91. The summed E-state index contributed by atoms with van der Waals surface area (Å²) in [5.41, 5.74) is 2.56. The Bertz CT molecular complexity index is 647. The van der Waals surface area contributed by atoms with Gasteiger partial charge in [0.15, 0.2) is 0 Å². The van der Waals surface area contributed by atoms with Gasteiger partial charge in [-0.15, -0.1) is 0 Å². The van der Waals surface area contributed by atoms with Crippen LogP contribution in [0.5, 0.6) is 5.75 Å². The highest BCUT2D eigenvalue weighted by atomic mass is 16.5. The van der Waals surface area contributed by atoms with Crippen molar-refractivity contribution < 1.29 is 4.74 Å². The second-order valence-electron chi connectivity index (χ2n) is 6.76. The van der Waals surface area contributed by atoms with Gasteiger partial charge in [-0.1, -0.05) is 25.1 Å². The lowest BCUT2D eigenvalue weighted by Gasteiger charge is -2.30. The molecule has 2 aromatic rings. The lowest BCUT2D eigenvalue weighted by molar-refractivity contribution is 0.165. The van der Waals surface area contributed by atoms with Crippen LogP contribution in [0.1, 0.15) is 30.9 Å². The quantitative estimate of drug-likeness (QED) is 0.735. The van der Waals surface area contributed by atoms with Crippen LogP contribution in [0.25, 0.3) is 0 Å². The van der Waals surface area contributed by atoms with E-state index >= 15 is 0 Å². The SMILES string of the molecule is CCN1CCC[C@@H]1CN(Cc1ccncc1)Cc1ccccc1OC. The predicted molar refractivity (Wildman–Crippen MR) is 102 cm³/mol. The molecule has 3 rings (SSSR count). The molecule has 0 aliphatic carbocycles. The number of aromatic nitrogens is 1. The van der Waals surface area contributed by atoms with Crippen LogP contribution in [0.15, 0.2) is 48.8 Å². The zero-order chi connectivity index (χ0) is 17.5. The van der Waals surface area contributed by atoms with E-state index in [1.165, 1.54) is 30.5 Å². The lowest BCUT2D eigenvalue weighted by Crippen LogP contribution is -2.39. The predicted octanol–water partition coefficient (Wildman–Crippen LogP) is 3.58. The normalized spacial score (nSPS) is 18.0. The summed E-state index contributed by atoms with van der Waals surface area (Å²) >= 11 is 0. The number of hydrogen-bond acceptors (Lipinski definition) is 4. The summed E-state index contributed by atoms with van der Waals surface area (Å²) in [6.45, 7) is 7.58. The molecule has 0 unspecified atom stereocenters. The van der Waals surface area contributed by atoms with Gasteiger partial charge in [-0.05, 0) is 49.7 Å². The molecule has 0 bridgehead atoms. The summed E-state index contributed by atoms with van der Waals surface area (Å²) in [5.74, 6) is 0.973. The van der Waals surface area contributed by atoms with Gasteiger partial charge < -0.3 is 4.74 Å². The summed E-state index contributed by atoms with van der Waals surface area (Å²) in [6, 6.07) is 13.2. The largest absolute Gasteiger partial charge is 0.496 e. The zero-order valence-electron chi connectivity index (χ0n) is 15.4. The maximum atomic E-state index is 5.56. The number of ether oxygens (including phenoxy) is 1. The highest BCUT2D eigenvalue weighted by Crippen LogP contribution is 2.23. The smallest absolute Gasteiger partial charge is 0.123 e. The second-order valence-corrected chi connectivity index (χ2v) is 6.76. The topological polar surface area (TPSA) is 28.6 Å². The molecule has 1 fully saturated rings. The van der Waals surface area contributed by atoms with Gasteiger partial charge in [0, 0.05) is 43.6 Å². The third-order valence-corrected chi connectivity index (χ3v) is 5.12. The Labute approximate surface area is 151 Å². The molecular weight excluding hydrogens is 310 g/mol. The number of methoxy groups -OCH3 is 1. The van der Waals surface area contributed by atoms with Crippen molar-refractivity contribution in [2.75, 3.05) is 26.7 Å². The van der Waals surface area contributed by atoms with E-state index < -0.39 is 0 Å². The first-order valence-corrected chi connectivity index (χ1v) is 9.27. The Morgan fingerprint density at radius 2 is 1.96 bits per heavy atom. The van der Waals surface area contributed by atoms with Crippen LogP contribution in [0.3, 0.4) is 0 Å². The van der Waals surface area contributed by atoms with Crippen LogP contribution < -0.4 is 4.74 Å². The molecule has 0 radical (unpaired) electrons. The molecule has 1 aromatic heterocycles. The number of rotatable bonds is 8. The van der Waals surface area contributed by atoms with E-state index in [0.717, 1.165) is 31.9 Å². The first-order valence-electron chi connectivity index (χ1n) is 9.27. The Balaban J connectivity index is 1.76. The fourth-order valence-corrected chi connectivity index (χ4v) is 3.82. The molecule has 134 valence electrons. The molecule has 0 spiro atoms. The Kier molecular flexibility index (Phi) is 6.42. The number of likely N-dealkylation sites (tertiary alicyclic amines) is 1. The molecule has 0 saturated carbocycles. The molecule has 4 heteroatoms. The number of nitrogens with zero attached hydrogens (tertiary/aromatic N) is 3. The average Bonchev–Trinajstić information content (AvgIpc) is 3.10. The van der Waals surface area contributed by atoms with Crippen LogP contribution in [-0.2, 0) is 13.1 Å². The van der Waals surface area contributed by atoms with Crippen LogP contribution >= 0.6 is 0 Å². The van der Waals surface area contributed by atoms with Gasteiger partial charge >= 0.3 is 0 Å². The molecule has 0 N–H and O–H groups in total. The molecule has 1 atom stereocenters. The summed E-state index contributed by atoms with van der Waals surface area (Å²) in [6.07, 6.45) is 6.37. The van der Waals surface area contributed by atoms with Crippen LogP contribution in [0.4, 0.5) is 0 Å². The minimum absolute atomic E-state index is 0.654. The van der Waals surface area contributed by atoms with E-state index in [4.69, 9.17) is 4.74 Å². The van der Waals surface area contributed by atoms with Crippen molar-refractivity contribution in [2.45, 2.75) is 38.9 Å². The number of likely N-dealkylation sites (N-methyl/N-ethyl adjacent to an activating group) is 1. The average molecular weight is 339 g/mol. The van der Waals surface area contributed by atoms with Crippen molar-refractivity contribution in [2.24, 2.45) is 0 Å². The van der Waals surface area contributed by atoms with E-state index in [2.05, 4.69) is 46.0 Å². The second kappa shape index (κ2) is 8.97. The summed E-state index contributed by atoms with van der Waals surface area (Å²) in [7, 11) is 1.75. The maximum absolute atomic E-state index is 5.56. The van der Waals surface area contributed by atoms with Gasteiger partial charge in [0.2, 0.25) is 0 Å². The maximum Gasteiger partial charge on any atom is 0.123 e. The first-order chi connectivity index (χ1) is 12.3. The number of hydrogen-bond donors (Lipinski definition) is 0. The van der Waals surface area contributed by atoms with Gasteiger partial charge in [0.05, 0.1) is 7.11 Å². The van der Waals surface area contributed by atoms with Crippen molar-refractivity contribution >= 4 is 0 Å². The van der Waals surface area contributed by atoms with E-state index in [9.17, 15) is 0 Å². The van der Waals surface area contributed by atoms with E-state index in [-0.39, 0.29) is 0 Å². The van der Waals surface area contributed by atoms with Crippen molar-refractivity contribution in [3.63, 3.8) is 0 Å². The van der Waals surface area contributed by atoms with Crippen molar-refractivity contribution in [3.05, 3.63) is 59.9 Å². The minimum Gasteiger partial charge on any atom is -0.496 e. The molecule has 0 amide bonds. The van der Waals surface area contributed by atoms with Crippen molar-refractivity contribution in [3.8, 4) is 5.75 Å². The number of para-hydroxylation sites is 1. The third-order valence-electron chi connectivity index (χ3n) is 5.12. The monoisotopic (exact) mass is 339 g/mol. The Morgan fingerprint density at radius 3 is 2.72 bits per heavy atom.